The van der Waals surface area contributed by atoms with E-state index in [0.717, 1.165) is 23.4 Å². The molecule has 0 aliphatic heterocycles. The van der Waals surface area contributed by atoms with Crippen molar-refractivity contribution in [2.24, 2.45) is 0 Å². The molecule has 1 heterocycles. The number of benzene rings is 2. The van der Waals surface area contributed by atoms with E-state index < -0.39 is 0 Å². The van der Waals surface area contributed by atoms with Crippen molar-refractivity contribution in [2.45, 2.75) is 19.9 Å². The Morgan fingerprint density at radius 3 is 2.41 bits per heavy atom. The van der Waals surface area contributed by atoms with Gasteiger partial charge in [-0.25, -0.2) is 9.97 Å². The molecular formula is C21H22N4O2. The summed E-state index contributed by atoms with van der Waals surface area (Å²) in [6.07, 6.45) is 4.01. The highest BCUT2D eigenvalue weighted by molar-refractivity contribution is 5.93. The Balaban J connectivity index is 1.59. The highest BCUT2D eigenvalue weighted by Gasteiger charge is 2.09. The molecule has 0 unspecified atom stereocenters. The van der Waals surface area contributed by atoms with Gasteiger partial charge in [0.2, 0.25) is 5.95 Å². The Bertz CT molecular complexity index is 893. The van der Waals surface area contributed by atoms with E-state index in [-0.39, 0.29) is 5.91 Å². The van der Waals surface area contributed by atoms with Crippen LogP contribution in [-0.4, -0.2) is 23.0 Å². The molecule has 0 radical (unpaired) electrons. The molecule has 0 spiro atoms. The van der Waals surface area contributed by atoms with Crippen LogP contribution in [0.15, 0.2) is 60.9 Å². The molecule has 2 aromatic carbocycles. The second kappa shape index (κ2) is 8.80. The van der Waals surface area contributed by atoms with Crippen LogP contribution in [0.25, 0.3) is 0 Å². The zero-order chi connectivity index (χ0) is 19.1. The lowest BCUT2D eigenvalue weighted by molar-refractivity contribution is 0.0950. The van der Waals surface area contributed by atoms with Crippen LogP contribution < -0.4 is 15.4 Å². The second-order valence-corrected chi connectivity index (χ2v) is 5.97. The standard InChI is InChI=1S/C21H22N4O2/c1-3-15-8-10-18(11-9-15)25-21-23-13-17(14-24-21)20(26)22-12-16-6-4-5-7-19(16)27-2/h4-11,13-14H,3,12H2,1-2H3,(H,22,26)(H,23,24,25). The molecule has 3 aromatic rings. The van der Waals surface area contributed by atoms with E-state index in [1.807, 2.05) is 36.4 Å². The number of carbonyl (C=O) groups is 1. The van der Waals surface area contributed by atoms with Gasteiger partial charge in [-0.3, -0.25) is 4.79 Å². The minimum absolute atomic E-state index is 0.236. The molecule has 0 aliphatic carbocycles. The van der Waals surface area contributed by atoms with Gasteiger partial charge in [0.05, 0.1) is 12.7 Å². The molecule has 0 bridgehead atoms. The van der Waals surface area contributed by atoms with Crippen LogP contribution in [0.1, 0.15) is 28.4 Å². The number of rotatable bonds is 7. The van der Waals surface area contributed by atoms with Crippen molar-refractivity contribution < 1.29 is 9.53 Å². The number of ether oxygens (including phenoxy) is 1. The lowest BCUT2D eigenvalue weighted by Gasteiger charge is -2.10. The average Bonchev–Trinajstić information content (AvgIpc) is 2.73. The normalized spacial score (nSPS) is 10.3. The minimum atomic E-state index is -0.236. The summed E-state index contributed by atoms with van der Waals surface area (Å²) in [7, 11) is 1.61. The Kier molecular flexibility index (Phi) is 5.99. The molecule has 1 aromatic heterocycles. The second-order valence-electron chi connectivity index (χ2n) is 5.97. The molecule has 1 amide bonds. The highest BCUT2D eigenvalue weighted by atomic mass is 16.5. The maximum absolute atomic E-state index is 12.3. The van der Waals surface area contributed by atoms with Crippen LogP contribution >= 0.6 is 0 Å². The number of hydrogen-bond donors (Lipinski definition) is 2. The Morgan fingerprint density at radius 1 is 1.04 bits per heavy atom. The van der Waals surface area contributed by atoms with E-state index in [4.69, 9.17) is 4.74 Å². The minimum Gasteiger partial charge on any atom is -0.496 e. The molecule has 27 heavy (non-hydrogen) atoms. The molecule has 0 atom stereocenters. The number of methoxy groups -OCH3 is 1. The van der Waals surface area contributed by atoms with Gasteiger partial charge in [-0.05, 0) is 30.2 Å². The Morgan fingerprint density at radius 2 is 1.74 bits per heavy atom. The topological polar surface area (TPSA) is 76.1 Å². The fourth-order valence-electron chi connectivity index (χ4n) is 2.59. The van der Waals surface area contributed by atoms with Gasteiger partial charge in [0.15, 0.2) is 0 Å². The summed E-state index contributed by atoms with van der Waals surface area (Å²) >= 11 is 0. The average molecular weight is 362 g/mol. The first-order valence-electron chi connectivity index (χ1n) is 8.77. The number of hydrogen-bond acceptors (Lipinski definition) is 5. The zero-order valence-electron chi connectivity index (χ0n) is 15.4. The number of anilines is 2. The Labute approximate surface area is 158 Å². The van der Waals surface area contributed by atoms with Gasteiger partial charge in [0.1, 0.15) is 5.75 Å². The third kappa shape index (κ3) is 4.82. The van der Waals surface area contributed by atoms with Crippen molar-refractivity contribution in [1.29, 1.82) is 0 Å². The Hall–Kier alpha value is -3.41. The smallest absolute Gasteiger partial charge is 0.254 e. The van der Waals surface area contributed by atoms with Crippen LogP contribution in [0, 0.1) is 0 Å². The van der Waals surface area contributed by atoms with Crippen molar-refractivity contribution in [3.63, 3.8) is 0 Å². The zero-order valence-corrected chi connectivity index (χ0v) is 15.4. The molecule has 6 heteroatoms. The lowest BCUT2D eigenvalue weighted by atomic mass is 10.1. The van der Waals surface area contributed by atoms with Gasteiger partial charge in [-0.15, -0.1) is 0 Å². The van der Waals surface area contributed by atoms with Gasteiger partial charge in [0, 0.05) is 30.2 Å². The summed E-state index contributed by atoms with van der Waals surface area (Å²) in [4.78, 5) is 20.7. The third-order valence-corrected chi connectivity index (χ3v) is 4.16. The lowest BCUT2D eigenvalue weighted by Crippen LogP contribution is -2.23. The van der Waals surface area contributed by atoms with Crippen molar-refractivity contribution in [1.82, 2.24) is 15.3 Å². The number of carbonyl (C=O) groups excluding carboxylic acids is 1. The maximum Gasteiger partial charge on any atom is 0.254 e. The van der Waals surface area contributed by atoms with E-state index in [9.17, 15) is 4.79 Å². The first-order chi connectivity index (χ1) is 13.2. The third-order valence-electron chi connectivity index (χ3n) is 4.16. The fraction of sp³-hybridized carbons (Fsp3) is 0.190. The largest absolute Gasteiger partial charge is 0.496 e. The van der Waals surface area contributed by atoms with Gasteiger partial charge in [-0.1, -0.05) is 37.3 Å². The van der Waals surface area contributed by atoms with Gasteiger partial charge >= 0.3 is 0 Å². The summed E-state index contributed by atoms with van der Waals surface area (Å²) < 4.78 is 5.29. The van der Waals surface area contributed by atoms with Crippen LogP contribution in [-0.2, 0) is 13.0 Å². The van der Waals surface area contributed by atoms with E-state index in [1.165, 1.54) is 18.0 Å². The van der Waals surface area contributed by atoms with E-state index in [1.54, 1.807) is 7.11 Å². The molecule has 3 rings (SSSR count). The van der Waals surface area contributed by atoms with Crippen molar-refractivity contribution in [3.8, 4) is 5.75 Å². The van der Waals surface area contributed by atoms with Gasteiger partial charge < -0.3 is 15.4 Å². The van der Waals surface area contributed by atoms with E-state index in [2.05, 4.69) is 39.7 Å². The maximum atomic E-state index is 12.3. The molecule has 0 saturated carbocycles. The highest BCUT2D eigenvalue weighted by Crippen LogP contribution is 2.17. The fourth-order valence-corrected chi connectivity index (χ4v) is 2.59. The predicted molar refractivity (Wildman–Crippen MR) is 105 cm³/mol. The summed E-state index contributed by atoms with van der Waals surface area (Å²) in [5.74, 6) is 0.947. The van der Waals surface area contributed by atoms with Gasteiger partial charge in [-0.2, -0.15) is 0 Å². The molecule has 0 saturated heterocycles. The molecule has 0 fully saturated rings. The first kappa shape index (κ1) is 18.4. The molecule has 2 N–H and O–H groups in total. The van der Waals surface area contributed by atoms with Crippen LogP contribution in [0.3, 0.4) is 0 Å². The summed E-state index contributed by atoms with van der Waals surface area (Å²) in [6.45, 7) is 2.48. The SMILES string of the molecule is CCc1ccc(Nc2ncc(C(=O)NCc3ccccc3OC)cn2)cc1. The number of amides is 1. The van der Waals surface area contributed by atoms with Gasteiger partial charge in [0.25, 0.3) is 5.91 Å². The predicted octanol–water partition coefficient (Wildman–Crippen LogP) is 3.72. The number of para-hydroxylation sites is 1. The van der Waals surface area contributed by atoms with Crippen molar-refractivity contribution >= 4 is 17.5 Å². The molecular weight excluding hydrogens is 340 g/mol. The number of nitrogens with zero attached hydrogens (tertiary/aromatic N) is 2. The number of aromatic nitrogens is 2. The van der Waals surface area contributed by atoms with Crippen LogP contribution in [0.5, 0.6) is 5.75 Å². The molecule has 0 aliphatic rings. The quantitative estimate of drug-likeness (QED) is 0.670. The van der Waals surface area contributed by atoms with E-state index in [0.29, 0.717) is 18.1 Å². The van der Waals surface area contributed by atoms with Crippen molar-refractivity contribution in [3.05, 3.63) is 77.6 Å². The summed E-state index contributed by atoms with van der Waals surface area (Å²) in [5, 5.41) is 5.98. The van der Waals surface area contributed by atoms with Crippen LogP contribution in [0.2, 0.25) is 0 Å². The summed E-state index contributed by atoms with van der Waals surface area (Å²) in [6, 6.07) is 15.6. The summed E-state index contributed by atoms with van der Waals surface area (Å²) in [5.41, 5.74) is 3.48. The van der Waals surface area contributed by atoms with Crippen molar-refractivity contribution in [2.75, 3.05) is 12.4 Å². The first-order valence-corrected chi connectivity index (χ1v) is 8.77. The molecule has 138 valence electrons. The number of nitrogens with one attached hydrogen (secondary N) is 2. The molecule has 6 nitrogen and oxygen atoms in total. The monoisotopic (exact) mass is 362 g/mol. The van der Waals surface area contributed by atoms with Crippen LogP contribution in [0.4, 0.5) is 11.6 Å². The number of aryl methyl sites for hydroxylation is 1. The van der Waals surface area contributed by atoms with E-state index >= 15 is 0 Å².